The summed E-state index contributed by atoms with van der Waals surface area (Å²) in [6, 6.07) is 0. The minimum atomic E-state index is -0.369. The highest BCUT2D eigenvalue weighted by molar-refractivity contribution is 7.13. The third-order valence-electron chi connectivity index (χ3n) is 2.20. The third-order valence-corrected chi connectivity index (χ3v) is 3.26. The van der Waals surface area contributed by atoms with E-state index in [9.17, 15) is 4.79 Å². The van der Waals surface area contributed by atoms with E-state index in [2.05, 4.69) is 17.2 Å². The molecule has 0 bridgehead atoms. The van der Waals surface area contributed by atoms with E-state index in [1.807, 2.05) is 13.8 Å². The minimum Gasteiger partial charge on any atom is -0.345 e. The van der Waals surface area contributed by atoms with Crippen LogP contribution in [0.25, 0.3) is 0 Å². The summed E-state index contributed by atoms with van der Waals surface area (Å²) in [5.74, 6) is -0.0877. The Morgan fingerprint density at radius 3 is 2.88 bits per heavy atom. The average molecular weight is 241 g/mol. The number of aromatic nitrogens is 1. The highest BCUT2D eigenvalue weighted by Gasteiger charge is 2.20. The molecule has 90 valence electrons. The molecule has 0 atom stereocenters. The van der Waals surface area contributed by atoms with Gasteiger partial charge in [0.15, 0.2) is 0 Å². The van der Waals surface area contributed by atoms with Gasteiger partial charge in [-0.1, -0.05) is 6.92 Å². The summed E-state index contributed by atoms with van der Waals surface area (Å²) in [6.45, 7) is 6.32. The van der Waals surface area contributed by atoms with Crippen molar-refractivity contribution in [2.45, 2.75) is 39.2 Å². The molecule has 0 saturated carbocycles. The van der Waals surface area contributed by atoms with Gasteiger partial charge in [-0.05, 0) is 26.7 Å². The maximum Gasteiger partial charge on any atom is 0.263 e. The van der Waals surface area contributed by atoms with E-state index in [-0.39, 0.29) is 11.4 Å². The van der Waals surface area contributed by atoms with E-state index in [4.69, 9.17) is 5.73 Å². The lowest BCUT2D eigenvalue weighted by Gasteiger charge is -2.23. The van der Waals surface area contributed by atoms with Crippen LogP contribution in [0.3, 0.4) is 0 Å². The lowest BCUT2D eigenvalue weighted by molar-refractivity contribution is 0.0919. The van der Waals surface area contributed by atoms with Crippen LogP contribution < -0.4 is 11.1 Å². The molecule has 5 heteroatoms. The highest BCUT2D eigenvalue weighted by atomic mass is 32.1. The average Bonchev–Trinajstić information content (AvgIpc) is 2.66. The van der Waals surface area contributed by atoms with Crippen LogP contribution >= 0.6 is 11.3 Å². The number of nitrogens with zero attached hydrogens (tertiary/aromatic N) is 1. The number of hydrogen-bond acceptors (Lipinski definition) is 4. The Labute approximate surface area is 100 Å². The van der Waals surface area contributed by atoms with Crippen molar-refractivity contribution in [2.24, 2.45) is 5.73 Å². The van der Waals surface area contributed by atoms with Gasteiger partial charge in [0.2, 0.25) is 0 Å². The molecule has 1 aromatic heterocycles. The summed E-state index contributed by atoms with van der Waals surface area (Å²) in [5, 5.41) is 3.90. The maximum absolute atomic E-state index is 11.8. The van der Waals surface area contributed by atoms with Gasteiger partial charge in [-0.3, -0.25) is 4.79 Å². The fourth-order valence-corrected chi connectivity index (χ4v) is 2.08. The number of amides is 1. The van der Waals surface area contributed by atoms with Crippen molar-refractivity contribution in [1.29, 1.82) is 0 Å². The predicted molar refractivity (Wildman–Crippen MR) is 66.7 cm³/mol. The number of hydrogen-bond donors (Lipinski definition) is 2. The zero-order chi connectivity index (χ0) is 12.2. The molecule has 0 aliphatic heterocycles. The van der Waals surface area contributed by atoms with Crippen molar-refractivity contribution >= 4 is 17.2 Å². The monoisotopic (exact) mass is 241 g/mol. The molecule has 16 heavy (non-hydrogen) atoms. The third kappa shape index (κ3) is 3.57. The molecule has 0 unspecified atom stereocenters. The molecule has 0 fully saturated rings. The van der Waals surface area contributed by atoms with Crippen molar-refractivity contribution in [3.63, 3.8) is 0 Å². The fraction of sp³-hybridized carbons (Fsp3) is 0.636. The Kier molecular flexibility index (Phi) is 4.44. The van der Waals surface area contributed by atoms with E-state index in [0.717, 1.165) is 17.8 Å². The number of carbonyl (C=O) groups excluding carboxylic acids is 1. The van der Waals surface area contributed by atoms with Crippen molar-refractivity contribution in [3.8, 4) is 0 Å². The first-order chi connectivity index (χ1) is 7.48. The van der Waals surface area contributed by atoms with E-state index in [1.54, 1.807) is 6.20 Å². The Hall–Kier alpha value is -0.940. The van der Waals surface area contributed by atoms with Crippen LogP contribution in [0.4, 0.5) is 0 Å². The Balaban J connectivity index is 2.66. The van der Waals surface area contributed by atoms with E-state index in [0.29, 0.717) is 11.4 Å². The number of rotatable bonds is 5. The minimum absolute atomic E-state index is 0.0877. The number of aryl methyl sites for hydroxylation is 1. The first-order valence-corrected chi connectivity index (χ1v) is 6.27. The molecule has 1 rings (SSSR count). The molecule has 4 nitrogen and oxygen atoms in total. The van der Waals surface area contributed by atoms with Crippen LogP contribution in [0.15, 0.2) is 6.20 Å². The standard InChI is InChI=1S/C11H19N3OS/c1-4-5-9-13-6-8(16-9)10(15)14-11(2,3)7-12/h6H,4-5,7,12H2,1-3H3,(H,14,15). The van der Waals surface area contributed by atoms with E-state index < -0.39 is 0 Å². The van der Waals surface area contributed by atoms with Crippen LogP contribution in [-0.4, -0.2) is 23.0 Å². The van der Waals surface area contributed by atoms with Crippen LogP contribution in [-0.2, 0) is 6.42 Å². The van der Waals surface area contributed by atoms with Crippen LogP contribution in [0.5, 0.6) is 0 Å². The second-order valence-electron chi connectivity index (χ2n) is 4.41. The summed E-state index contributed by atoms with van der Waals surface area (Å²) in [7, 11) is 0. The summed E-state index contributed by atoms with van der Waals surface area (Å²) in [4.78, 5) is 16.7. The summed E-state index contributed by atoms with van der Waals surface area (Å²) in [6.07, 6.45) is 3.61. The van der Waals surface area contributed by atoms with Crippen molar-refractivity contribution in [3.05, 3.63) is 16.1 Å². The number of carbonyl (C=O) groups is 1. The number of thiazole rings is 1. The Morgan fingerprint density at radius 2 is 2.31 bits per heavy atom. The van der Waals surface area contributed by atoms with Gasteiger partial charge in [-0.25, -0.2) is 4.98 Å². The number of nitrogens with one attached hydrogen (secondary N) is 1. The normalized spacial score (nSPS) is 11.5. The molecule has 0 aliphatic carbocycles. The molecule has 1 amide bonds. The lowest BCUT2D eigenvalue weighted by Crippen LogP contribution is -2.48. The van der Waals surface area contributed by atoms with Gasteiger partial charge in [0.1, 0.15) is 4.88 Å². The lowest BCUT2D eigenvalue weighted by atomic mass is 10.1. The fourth-order valence-electron chi connectivity index (χ4n) is 1.16. The van der Waals surface area contributed by atoms with Crippen molar-refractivity contribution in [1.82, 2.24) is 10.3 Å². The van der Waals surface area contributed by atoms with Crippen LogP contribution in [0, 0.1) is 0 Å². The molecule has 1 heterocycles. The van der Waals surface area contributed by atoms with Crippen LogP contribution in [0.1, 0.15) is 41.9 Å². The van der Waals surface area contributed by atoms with Crippen LogP contribution in [0.2, 0.25) is 0 Å². The highest BCUT2D eigenvalue weighted by Crippen LogP contribution is 2.15. The molecule has 0 spiro atoms. The van der Waals surface area contributed by atoms with Gasteiger partial charge in [0, 0.05) is 12.1 Å². The molecular weight excluding hydrogens is 222 g/mol. The Morgan fingerprint density at radius 1 is 1.62 bits per heavy atom. The predicted octanol–water partition coefficient (Wildman–Crippen LogP) is 1.56. The van der Waals surface area contributed by atoms with Gasteiger partial charge < -0.3 is 11.1 Å². The van der Waals surface area contributed by atoms with Crippen molar-refractivity contribution < 1.29 is 4.79 Å². The van der Waals surface area contributed by atoms with Gasteiger partial charge in [0.25, 0.3) is 5.91 Å². The number of nitrogens with two attached hydrogens (primary N) is 1. The first kappa shape index (κ1) is 13.1. The largest absolute Gasteiger partial charge is 0.345 e. The van der Waals surface area contributed by atoms with Gasteiger partial charge in [-0.2, -0.15) is 0 Å². The molecule has 0 saturated heterocycles. The topological polar surface area (TPSA) is 68.0 Å². The molecule has 0 radical (unpaired) electrons. The first-order valence-electron chi connectivity index (χ1n) is 5.46. The summed E-state index contributed by atoms with van der Waals surface area (Å²) < 4.78 is 0. The van der Waals surface area contributed by atoms with Gasteiger partial charge >= 0.3 is 0 Å². The van der Waals surface area contributed by atoms with Crippen molar-refractivity contribution in [2.75, 3.05) is 6.54 Å². The smallest absolute Gasteiger partial charge is 0.263 e. The van der Waals surface area contributed by atoms with Gasteiger partial charge in [-0.15, -0.1) is 11.3 Å². The van der Waals surface area contributed by atoms with Gasteiger partial charge in [0.05, 0.1) is 11.2 Å². The second-order valence-corrected chi connectivity index (χ2v) is 5.53. The zero-order valence-corrected chi connectivity index (χ0v) is 10.9. The molecule has 1 aromatic rings. The molecular formula is C11H19N3OS. The molecule has 3 N–H and O–H groups in total. The quantitative estimate of drug-likeness (QED) is 0.822. The molecule has 0 aromatic carbocycles. The van der Waals surface area contributed by atoms with E-state index in [1.165, 1.54) is 11.3 Å². The maximum atomic E-state index is 11.8. The second kappa shape index (κ2) is 5.41. The summed E-state index contributed by atoms with van der Waals surface area (Å²) >= 11 is 1.45. The molecule has 0 aliphatic rings. The Bertz CT molecular complexity index is 360. The zero-order valence-electron chi connectivity index (χ0n) is 10.0. The van der Waals surface area contributed by atoms with E-state index >= 15 is 0 Å². The summed E-state index contributed by atoms with van der Waals surface area (Å²) in [5.41, 5.74) is 5.19. The SMILES string of the molecule is CCCc1ncc(C(=O)NC(C)(C)CN)s1.